The van der Waals surface area contributed by atoms with Crippen LogP contribution in [0.15, 0.2) is 0 Å². The summed E-state index contributed by atoms with van der Waals surface area (Å²) in [6, 6.07) is -3.06. The van der Waals surface area contributed by atoms with E-state index in [9.17, 15) is 117 Å². The van der Waals surface area contributed by atoms with Gasteiger partial charge in [-0.3, -0.25) is 0 Å². The first-order chi connectivity index (χ1) is 36.9. The normalized spacial score (nSPS) is 54.5. The Bertz CT molecular complexity index is 1830. The summed E-state index contributed by atoms with van der Waals surface area (Å²) in [6.07, 6.45) is -61.9. The van der Waals surface area contributed by atoms with Crippen molar-refractivity contribution in [1.29, 1.82) is 0 Å². The third-order valence-corrected chi connectivity index (χ3v) is 15.3. The first kappa shape index (κ1) is 64.2. The Morgan fingerprint density at radius 1 is 0.282 bits per heavy atom. The molecule has 0 spiro atoms. The molecule has 1 aliphatic carbocycles. The highest BCUT2D eigenvalue weighted by molar-refractivity contribution is 5.07. The van der Waals surface area contributed by atoms with E-state index in [4.69, 9.17) is 52.1 Å². The first-order valence-electron chi connectivity index (χ1n) is 25.1. The largest absolute Gasteiger partial charge is 0.396 e. The van der Waals surface area contributed by atoms with Gasteiger partial charge in [-0.15, -0.1) is 0 Å². The fraction of sp³-hybridized carbons (Fsp3) is 1.00. The Morgan fingerprint density at radius 2 is 0.590 bits per heavy atom. The van der Waals surface area contributed by atoms with Crippen LogP contribution in [0.2, 0.25) is 0 Å². The third-order valence-electron chi connectivity index (χ3n) is 15.3. The van der Waals surface area contributed by atoms with E-state index >= 15 is 0 Å². The molecular weight excluding hydrogens is 1070 g/mol. The molecule has 0 aromatic rings. The number of aliphatic hydroxyl groups is 23. The molecule has 1 unspecified atom stereocenters. The maximum Gasteiger partial charge on any atom is 0.187 e. The standard InChI is InChI=1S/C43H75NO34/c1-8-15(44-16-17(51)9(2-45)33(22(56)20(16)54)74-40-29(63)21(55)18(52)10(3-46)70-40)19(53)28(62)39(68-8)75-35-12(5-48)71-42(30(64)24(35)58)77-37-14(7-50)73-43(32(66)26(37)60)78-36-13(6-49)72-41(31(65)25(36)59)76-34-11(4-47)69-38(67)27(61)23(34)57/h8-67H,2-7H2,1H3/t8-,9+,10+,11-,12-,13-,14-,15-,16+,17-,18-,19-,20-,21+,22+,23+,24+,25+,26+,27+,28+,29+,30+,31+,32+,33-,34-,35-,36-,37-,38?,39-,40-,41-,42-,43-/m1/s1. The van der Waals surface area contributed by atoms with Crippen LogP contribution < -0.4 is 5.32 Å². The molecule has 0 aromatic heterocycles. The van der Waals surface area contributed by atoms with Crippen LogP contribution in [0.3, 0.4) is 0 Å². The second kappa shape index (κ2) is 27.1. The predicted octanol–water partition coefficient (Wildman–Crippen LogP) is -16.0. The van der Waals surface area contributed by atoms with Crippen LogP contribution in [0.25, 0.3) is 0 Å². The highest BCUT2D eigenvalue weighted by Gasteiger charge is 2.59. The second-order valence-corrected chi connectivity index (χ2v) is 20.3. The van der Waals surface area contributed by atoms with E-state index in [-0.39, 0.29) is 0 Å². The lowest BCUT2D eigenvalue weighted by Gasteiger charge is -2.51. The molecule has 35 nitrogen and oxygen atoms in total. The van der Waals surface area contributed by atoms with Crippen molar-refractivity contribution in [3.8, 4) is 0 Å². The maximum absolute atomic E-state index is 11.4. The summed E-state index contributed by atoms with van der Waals surface area (Å²) >= 11 is 0. The van der Waals surface area contributed by atoms with Crippen LogP contribution in [0, 0.1) is 5.92 Å². The van der Waals surface area contributed by atoms with Gasteiger partial charge in [0.25, 0.3) is 0 Å². The van der Waals surface area contributed by atoms with Crippen molar-refractivity contribution in [1.82, 2.24) is 5.32 Å². The van der Waals surface area contributed by atoms with Gasteiger partial charge < -0.3 is 175 Å². The fourth-order valence-electron chi connectivity index (χ4n) is 10.7. The average Bonchev–Trinajstić information content (AvgIpc) is 3.55. The minimum absolute atomic E-state index is 0.835. The van der Waals surface area contributed by atoms with Crippen molar-refractivity contribution in [3.63, 3.8) is 0 Å². The van der Waals surface area contributed by atoms with Gasteiger partial charge in [0.1, 0.15) is 146 Å². The Morgan fingerprint density at radius 3 is 0.987 bits per heavy atom. The quantitative estimate of drug-likeness (QED) is 0.0606. The molecule has 7 aliphatic rings. The highest BCUT2D eigenvalue weighted by Crippen LogP contribution is 2.38. The number of nitrogens with one attached hydrogen (secondary N) is 1. The Hall–Kier alpha value is -1.40. The lowest BCUT2D eigenvalue weighted by molar-refractivity contribution is -0.391. The van der Waals surface area contributed by atoms with Crippen molar-refractivity contribution in [2.24, 2.45) is 5.92 Å². The molecule has 1 saturated carbocycles. The minimum atomic E-state index is -2.18. The second-order valence-electron chi connectivity index (χ2n) is 20.3. The van der Waals surface area contributed by atoms with E-state index < -0.39 is 260 Å². The summed E-state index contributed by atoms with van der Waals surface area (Å²) < 4.78 is 61.2. The zero-order valence-electron chi connectivity index (χ0n) is 41.3. The van der Waals surface area contributed by atoms with E-state index in [2.05, 4.69) is 5.32 Å². The SMILES string of the molecule is C[C@H]1O[C@H](O[C@H]2[C@@H](O)[C@H](O)[C@@H](O[C@H]3[C@@H](O)[C@H](O)[C@@H](O[C@H]4[C@@H](O)[C@H](O)[C@@H](O[C@H]5[C@@H](O)[C@H](O)C(O)O[C@@H]5CO)O[C@@H]4CO)O[C@@H]3CO)O[C@@H]2CO)[C@@H](O)[C@H](O)[C@@H]1N[C@H]1[C@H](O)[C@H](CO)[C@@H](O[C@H]2O[C@@H](CO)[C@@H](O)[C@H](O)[C@@H]2O)[C@@H](O)[C@@H]1O. The van der Waals surface area contributed by atoms with Gasteiger partial charge in [0.2, 0.25) is 0 Å². The number of aliphatic hydroxyl groups excluding tert-OH is 23. The Balaban J connectivity index is 0.945. The summed E-state index contributed by atoms with van der Waals surface area (Å²) in [4.78, 5) is 0. The number of hydrogen-bond acceptors (Lipinski definition) is 35. The molecular formula is C43H75NO34. The van der Waals surface area contributed by atoms with Crippen molar-refractivity contribution >= 4 is 0 Å². The van der Waals surface area contributed by atoms with Crippen LogP contribution in [0.1, 0.15) is 6.92 Å². The number of hydrogen-bond donors (Lipinski definition) is 24. The topological polar surface area (TPSA) is 579 Å². The molecule has 456 valence electrons. The zero-order chi connectivity index (χ0) is 57.5. The molecule has 7 fully saturated rings. The minimum Gasteiger partial charge on any atom is -0.396 e. The van der Waals surface area contributed by atoms with Crippen LogP contribution in [-0.4, -0.2) is 372 Å². The van der Waals surface area contributed by atoms with Crippen LogP contribution in [0.5, 0.6) is 0 Å². The lowest BCUT2D eigenvalue weighted by Crippen LogP contribution is -2.73. The average molecular weight is 1150 g/mol. The molecule has 7 rings (SSSR count). The van der Waals surface area contributed by atoms with E-state index in [0.717, 1.165) is 0 Å². The van der Waals surface area contributed by atoms with Gasteiger partial charge in [-0.1, -0.05) is 0 Å². The van der Waals surface area contributed by atoms with Crippen LogP contribution in [-0.2, 0) is 52.1 Å². The molecule has 36 atom stereocenters. The Labute approximate surface area is 441 Å². The van der Waals surface area contributed by atoms with Gasteiger partial charge in [0.15, 0.2) is 37.7 Å². The van der Waals surface area contributed by atoms with Crippen LogP contribution in [0.4, 0.5) is 0 Å². The summed E-state index contributed by atoms with van der Waals surface area (Å²) in [6.45, 7) is -4.35. The number of ether oxygens (including phenoxy) is 11. The molecule has 0 aromatic carbocycles. The van der Waals surface area contributed by atoms with Crippen molar-refractivity contribution < 1.29 is 170 Å². The van der Waals surface area contributed by atoms with Gasteiger partial charge in [-0.05, 0) is 6.92 Å². The summed E-state index contributed by atoms with van der Waals surface area (Å²) in [5.41, 5.74) is 0. The van der Waals surface area contributed by atoms with Gasteiger partial charge in [-0.25, -0.2) is 0 Å². The Kier molecular flexibility index (Phi) is 22.3. The van der Waals surface area contributed by atoms with Crippen LogP contribution >= 0.6 is 0 Å². The highest BCUT2D eigenvalue weighted by atomic mass is 16.8. The first-order valence-corrected chi connectivity index (χ1v) is 25.1. The van der Waals surface area contributed by atoms with E-state index in [1.54, 1.807) is 0 Å². The third kappa shape index (κ3) is 12.7. The monoisotopic (exact) mass is 1150 g/mol. The van der Waals surface area contributed by atoms with E-state index in [1.807, 2.05) is 0 Å². The molecule has 78 heavy (non-hydrogen) atoms. The molecule has 0 radical (unpaired) electrons. The maximum atomic E-state index is 11.4. The molecule has 0 bridgehead atoms. The zero-order valence-corrected chi connectivity index (χ0v) is 41.3. The molecule has 6 heterocycles. The summed E-state index contributed by atoms with van der Waals surface area (Å²) in [7, 11) is 0. The van der Waals surface area contributed by atoms with Crippen molar-refractivity contribution in [2.75, 3.05) is 39.6 Å². The molecule has 6 aliphatic heterocycles. The van der Waals surface area contributed by atoms with Gasteiger partial charge in [0, 0.05) is 5.92 Å². The smallest absolute Gasteiger partial charge is 0.187 e. The fourth-order valence-corrected chi connectivity index (χ4v) is 10.7. The van der Waals surface area contributed by atoms with Gasteiger partial charge in [0.05, 0.1) is 70.0 Å². The molecule has 6 saturated heterocycles. The molecule has 24 N–H and O–H groups in total. The summed E-state index contributed by atoms with van der Waals surface area (Å²) in [5, 5.41) is 248. The van der Waals surface area contributed by atoms with E-state index in [1.165, 1.54) is 6.92 Å². The predicted molar refractivity (Wildman–Crippen MR) is 237 cm³/mol. The lowest BCUT2D eigenvalue weighted by atomic mass is 9.76. The molecule has 0 amide bonds. The van der Waals surface area contributed by atoms with Crippen molar-refractivity contribution in [2.45, 2.75) is 222 Å². The van der Waals surface area contributed by atoms with Crippen molar-refractivity contribution in [3.05, 3.63) is 0 Å². The number of rotatable bonds is 18. The molecule has 35 heteroatoms. The van der Waals surface area contributed by atoms with Gasteiger partial charge in [-0.2, -0.15) is 0 Å². The van der Waals surface area contributed by atoms with E-state index in [0.29, 0.717) is 0 Å². The summed E-state index contributed by atoms with van der Waals surface area (Å²) in [5.74, 6) is -1.49. The van der Waals surface area contributed by atoms with Gasteiger partial charge >= 0.3 is 0 Å².